The monoisotopic (exact) mass is 333 g/mol. The summed E-state index contributed by atoms with van der Waals surface area (Å²) in [6, 6.07) is 13.6. The molecule has 2 rings (SSSR count). The fraction of sp³-hybridized carbons (Fsp3) is 0.444. The van der Waals surface area contributed by atoms with Gasteiger partial charge in [-0.3, -0.25) is 0 Å². The minimum atomic E-state index is 0.466. The molecule has 0 spiro atoms. The molecule has 2 aromatic carbocycles. The molecule has 2 heteroatoms. The smallest absolute Gasteiger partial charge is 0.0326 e. The van der Waals surface area contributed by atoms with Crippen LogP contribution >= 0.6 is 15.9 Å². The van der Waals surface area contributed by atoms with Gasteiger partial charge in [-0.15, -0.1) is 0 Å². The predicted molar refractivity (Wildman–Crippen MR) is 92.2 cm³/mol. The van der Waals surface area contributed by atoms with Crippen molar-refractivity contribution in [2.75, 3.05) is 6.54 Å². The molecule has 1 N–H and O–H groups in total. The van der Waals surface area contributed by atoms with Crippen molar-refractivity contribution >= 4 is 26.7 Å². The average molecular weight is 334 g/mol. The van der Waals surface area contributed by atoms with E-state index < -0.39 is 0 Å². The fourth-order valence-corrected chi connectivity index (χ4v) is 3.16. The number of hydrogen-bond donors (Lipinski definition) is 1. The predicted octanol–water partition coefficient (Wildman–Crippen LogP) is 5.83. The standard InChI is InChI=1S/C18H24BrN/c1-3-5-10-18(20-13-4-2)16-11-12-17(19)15-9-7-6-8-14(15)16/h6-9,11-12,18,20H,3-5,10,13H2,1-2H3. The minimum Gasteiger partial charge on any atom is -0.310 e. The first kappa shape index (κ1) is 15.5. The maximum atomic E-state index is 3.72. The summed E-state index contributed by atoms with van der Waals surface area (Å²) in [4.78, 5) is 0. The first-order valence-corrected chi connectivity index (χ1v) is 8.47. The van der Waals surface area contributed by atoms with Crippen LogP contribution in [0.2, 0.25) is 0 Å². The Morgan fingerprint density at radius 1 is 1.00 bits per heavy atom. The highest BCUT2D eigenvalue weighted by atomic mass is 79.9. The van der Waals surface area contributed by atoms with Crippen molar-refractivity contribution in [2.24, 2.45) is 0 Å². The number of halogens is 1. The lowest BCUT2D eigenvalue weighted by Gasteiger charge is -2.21. The van der Waals surface area contributed by atoms with Crippen LogP contribution in [0.15, 0.2) is 40.9 Å². The van der Waals surface area contributed by atoms with E-state index in [-0.39, 0.29) is 0 Å². The molecule has 0 saturated carbocycles. The van der Waals surface area contributed by atoms with E-state index in [4.69, 9.17) is 0 Å². The van der Waals surface area contributed by atoms with E-state index in [1.54, 1.807) is 0 Å². The summed E-state index contributed by atoms with van der Waals surface area (Å²) in [6.45, 7) is 5.57. The van der Waals surface area contributed by atoms with Gasteiger partial charge in [0.25, 0.3) is 0 Å². The lowest BCUT2D eigenvalue weighted by atomic mass is 9.95. The summed E-state index contributed by atoms with van der Waals surface area (Å²) in [5.41, 5.74) is 1.44. The van der Waals surface area contributed by atoms with Gasteiger partial charge in [0, 0.05) is 10.5 Å². The summed E-state index contributed by atoms with van der Waals surface area (Å²) in [7, 11) is 0. The van der Waals surface area contributed by atoms with Gasteiger partial charge in [0.05, 0.1) is 0 Å². The Balaban J connectivity index is 2.38. The van der Waals surface area contributed by atoms with Gasteiger partial charge in [-0.1, -0.05) is 73.0 Å². The number of fused-ring (bicyclic) bond motifs is 1. The third-order valence-corrected chi connectivity index (χ3v) is 4.46. The Hall–Kier alpha value is -0.860. The molecule has 0 heterocycles. The van der Waals surface area contributed by atoms with Crippen molar-refractivity contribution in [3.8, 4) is 0 Å². The average Bonchev–Trinajstić information content (AvgIpc) is 2.49. The number of unbranched alkanes of at least 4 members (excludes halogenated alkanes) is 1. The summed E-state index contributed by atoms with van der Waals surface area (Å²) in [5, 5.41) is 6.39. The summed E-state index contributed by atoms with van der Waals surface area (Å²) in [5.74, 6) is 0. The zero-order chi connectivity index (χ0) is 14.4. The van der Waals surface area contributed by atoms with Crippen molar-refractivity contribution in [3.05, 3.63) is 46.4 Å². The molecule has 1 nitrogen and oxygen atoms in total. The van der Waals surface area contributed by atoms with Crippen LogP contribution in [-0.2, 0) is 0 Å². The normalized spacial score (nSPS) is 12.8. The van der Waals surface area contributed by atoms with Gasteiger partial charge in [-0.25, -0.2) is 0 Å². The Morgan fingerprint density at radius 3 is 2.45 bits per heavy atom. The van der Waals surface area contributed by atoms with Crippen LogP contribution in [0.3, 0.4) is 0 Å². The Bertz CT molecular complexity index is 542. The van der Waals surface area contributed by atoms with Gasteiger partial charge in [-0.2, -0.15) is 0 Å². The van der Waals surface area contributed by atoms with E-state index in [0.29, 0.717) is 6.04 Å². The lowest BCUT2D eigenvalue weighted by Crippen LogP contribution is -2.22. The zero-order valence-electron chi connectivity index (χ0n) is 12.5. The van der Waals surface area contributed by atoms with Crippen LogP contribution in [-0.4, -0.2) is 6.54 Å². The van der Waals surface area contributed by atoms with E-state index in [1.165, 1.54) is 46.5 Å². The maximum Gasteiger partial charge on any atom is 0.0326 e. The number of benzene rings is 2. The largest absolute Gasteiger partial charge is 0.310 e. The molecule has 0 aromatic heterocycles. The molecule has 0 saturated heterocycles. The Kier molecular flexibility index (Phi) is 6.06. The molecule has 0 amide bonds. The van der Waals surface area contributed by atoms with Crippen LogP contribution in [0, 0.1) is 0 Å². The van der Waals surface area contributed by atoms with Gasteiger partial charge in [-0.05, 0) is 41.8 Å². The topological polar surface area (TPSA) is 12.0 Å². The first-order valence-electron chi connectivity index (χ1n) is 7.68. The zero-order valence-corrected chi connectivity index (χ0v) is 14.0. The quantitative estimate of drug-likeness (QED) is 0.671. The van der Waals surface area contributed by atoms with E-state index in [2.05, 4.69) is 71.5 Å². The SMILES string of the molecule is CCCCC(NCCC)c1ccc(Br)c2ccccc12. The second kappa shape index (κ2) is 7.80. The third kappa shape index (κ3) is 3.62. The molecule has 1 atom stereocenters. The molecular weight excluding hydrogens is 310 g/mol. The molecule has 108 valence electrons. The number of rotatable bonds is 7. The molecule has 20 heavy (non-hydrogen) atoms. The number of hydrogen-bond acceptors (Lipinski definition) is 1. The van der Waals surface area contributed by atoms with E-state index in [9.17, 15) is 0 Å². The van der Waals surface area contributed by atoms with Gasteiger partial charge >= 0.3 is 0 Å². The minimum absolute atomic E-state index is 0.466. The van der Waals surface area contributed by atoms with Crippen LogP contribution < -0.4 is 5.32 Å². The fourth-order valence-electron chi connectivity index (χ4n) is 2.68. The molecule has 0 aliphatic rings. The van der Waals surface area contributed by atoms with E-state index in [1.807, 2.05) is 0 Å². The maximum absolute atomic E-state index is 3.72. The van der Waals surface area contributed by atoms with Gasteiger partial charge in [0.15, 0.2) is 0 Å². The number of nitrogens with one attached hydrogen (secondary N) is 1. The van der Waals surface area contributed by atoms with Crippen LogP contribution in [0.5, 0.6) is 0 Å². The second-order valence-corrected chi connectivity index (χ2v) is 6.19. The molecule has 0 aliphatic carbocycles. The third-order valence-electron chi connectivity index (χ3n) is 3.77. The van der Waals surface area contributed by atoms with Gasteiger partial charge < -0.3 is 5.32 Å². The van der Waals surface area contributed by atoms with E-state index in [0.717, 1.165) is 6.54 Å². The summed E-state index contributed by atoms with van der Waals surface area (Å²) in [6.07, 6.45) is 4.91. The van der Waals surface area contributed by atoms with Crippen molar-refractivity contribution in [1.29, 1.82) is 0 Å². The van der Waals surface area contributed by atoms with Crippen LogP contribution in [0.25, 0.3) is 10.8 Å². The van der Waals surface area contributed by atoms with Gasteiger partial charge in [0.1, 0.15) is 0 Å². The molecular formula is C18H24BrN. The summed E-state index contributed by atoms with van der Waals surface area (Å²) < 4.78 is 1.18. The lowest BCUT2D eigenvalue weighted by molar-refractivity contribution is 0.484. The highest BCUT2D eigenvalue weighted by Crippen LogP contribution is 2.32. The highest BCUT2D eigenvalue weighted by Gasteiger charge is 2.14. The van der Waals surface area contributed by atoms with Crippen molar-refractivity contribution in [3.63, 3.8) is 0 Å². The van der Waals surface area contributed by atoms with Crippen LogP contribution in [0.4, 0.5) is 0 Å². The Morgan fingerprint density at radius 2 is 1.75 bits per heavy atom. The molecule has 0 bridgehead atoms. The second-order valence-electron chi connectivity index (χ2n) is 5.33. The van der Waals surface area contributed by atoms with Gasteiger partial charge in [0.2, 0.25) is 0 Å². The van der Waals surface area contributed by atoms with Crippen molar-refractivity contribution in [2.45, 2.75) is 45.6 Å². The Labute approximate surface area is 130 Å². The van der Waals surface area contributed by atoms with E-state index >= 15 is 0 Å². The molecule has 0 aliphatic heterocycles. The molecule has 0 radical (unpaired) electrons. The highest BCUT2D eigenvalue weighted by molar-refractivity contribution is 9.10. The molecule has 2 aromatic rings. The van der Waals surface area contributed by atoms with Crippen molar-refractivity contribution in [1.82, 2.24) is 5.32 Å². The summed E-state index contributed by atoms with van der Waals surface area (Å²) >= 11 is 3.67. The first-order chi connectivity index (χ1) is 9.77. The van der Waals surface area contributed by atoms with Crippen LogP contribution in [0.1, 0.15) is 51.1 Å². The molecule has 1 unspecified atom stereocenters. The molecule has 0 fully saturated rings. The van der Waals surface area contributed by atoms with Crippen molar-refractivity contribution < 1.29 is 0 Å².